The fourth-order valence-electron chi connectivity index (χ4n) is 3.72. The van der Waals surface area contributed by atoms with Crippen molar-refractivity contribution in [2.45, 2.75) is 13.1 Å². The van der Waals surface area contributed by atoms with Crippen LogP contribution in [-0.2, 0) is 6.18 Å². The number of H-pyrrole nitrogens is 1. The first-order valence-electron chi connectivity index (χ1n) is 11.0. The second kappa shape index (κ2) is 9.58. The molecule has 0 aliphatic rings. The third-order valence-electron chi connectivity index (χ3n) is 5.57. The van der Waals surface area contributed by atoms with E-state index in [-0.39, 0.29) is 5.69 Å². The van der Waals surface area contributed by atoms with E-state index < -0.39 is 23.3 Å². The number of nitrogens with zero attached hydrogens (tertiary/aromatic N) is 6. The van der Waals surface area contributed by atoms with E-state index in [1.807, 2.05) is 13.0 Å². The van der Waals surface area contributed by atoms with Gasteiger partial charge < -0.3 is 15.6 Å². The predicted octanol–water partition coefficient (Wildman–Crippen LogP) is 5.00. The van der Waals surface area contributed by atoms with E-state index in [0.29, 0.717) is 45.7 Å². The number of imidazole rings is 1. The molecule has 0 unspecified atom stereocenters. The van der Waals surface area contributed by atoms with Gasteiger partial charge in [0.15, 0.2) is 11.3 Å². The van der Waals surface area contributed by atoms with Gasteiger partial charge in [0.2, 0.25) is 0 Å². The van der Waals surface area contributed by atoms with E-state index in [9.17, 15) is 18.0 Å². The largest absolute Gasteiger partial charge is 0.419 e. The van der Waals surface area contributed by atoms with Crippen molar-refractivity contribution in [3.05, 3.63) is 83.8 Å². The van der Waals surface area contributed by atoms with E-state index in [2.05, 4.69) is 40.5 Å². The number of hydrogen-bond acceptors (Lipinski definition) is 8. The molecule has 0 aliphatic heterocycles. The molecule has 4 aromatic heterocycles. The van der Waals surface area contributed by atoms with E-state index in [1.54, 1.807) is 30.5 Å². The molecule has 38 heavy (non-hydrogen) atoms. The van der Waals surface area contributed by atoms with E-state index in [0.717, 1.165) is 11.6 Å². The molecular weight excluding hydrogens is 499 g/mol. The smallest absolute Gasteiger partial charge is 0.341 e. The molecule has 0 bridgehead atoms. The average molecular weight is 515 g/mol. The lowest BCUT2D eigenvalue weighted by molar-refractivity contribution is -0.138. The number of aryl methyl sites for hydroxylation is 1. The standard InChI is InChI=1S/C25H16F3N9O/c1-13-4-5-14(35-24(38)17-7-6-16(25(26,27)28)19(10-29)36-17)9-18(13)37-22-15(3-2-8-30-22)20-21-23(33-11-31-20)34-12-32-21/h2-9,11-12H,1H3,(H,30,37)(H,35,38)(H,31,32,33,34). The molecule has 10 nitrogen and oxygen atoms in total. The first-order valence-corrected chi connectivity index (χ1v) is 11.0. The predicted molar refractivity (Wildman–Crippen MR) is 131 cm³/mol. The van der Waals surface area contributed by atoms with Gasteiger partial charge in [-0.05, 0) is 48.9 Å². The van der Waals surface area contributed by atoms with Gasteiger partial charge in [-0.1, -0.05) is 6.07 Å². The molecule has 5 aromatic rings. The van der Waals surface area contributed by atoms with Gasteiger partial charge in [0.1, 0.15) is 35.1 Å². The second-order valence-electron chi connectivity index (χ2n) is 8.03. The Kier molecular flexibility index (Phi) is 6.13. The average Bonchev–Trinajstić information content (AvgIpc) is 3.39. The molecule has 0 radical (unpaired) electrons. The molecule has 188 valence electrons. The number of aromatic amines is 1. The van der Waals surface area contributed by atoms with Gasteiger partial charge in [0.25, 0.3) is 5.91 Å². The molecule has 0 saturated heterocycles. The molecular formula is C25H16F3N9O. The van der Waals surface area contributed by atoms with Crippen molar-refractivity contribution in [2.75, 3.05) is 10.6 Å². The van der Waals surface area contributed by atoms with Gasteiger partial charge in [-0.15, -0.1) is 0 Å². The number of alkyl halides is 3. The maximum absolute atomic E-state index is 13.1. The maximum Gasteiger partial charge on any atom is 0.419 e. The van der Waals surface area contributed by atoms with Crippen molar-refractivity contribution in [1.29, 1.82) is 5.26 Å². The molecule has 0 atom stereocenters. The van der Waals surface area contributed by atoms with Crippen LogP contribution in [0.15, 0.2) is 61.3 Å². The highest BCUT2D eigenvalue weighted by Gasteiger charge is 2.34. The van der Waals surface area contributed by atoms with Gasteiger partial charge in [0, 0.05) is 23.1 Å². The molecule has 1 amide bonds. The van der Waals surface area contributed by atoms with Gasteiger partial charge >= 0.3 is 6.18 Å². The van der Waals surface area contributed by atoms with Crippen molar-refractivity contribution in [2.24, 2.45) is 0 Å². The molecule has 13 heteroatoms. The summed E-state index contributed by atoms with van der Waals surface area (Å²) in [7, 11) is 0. The Morgan fingerprint density at radius 2 is 1.92 bits per heavy atom. The Morgan fingerprint density at radius 1 is 1.08 bits per heavy atom. The molecule has 4 heterocycles. The zero-order valence-electron chi connectivity index (χ0n) is 19.5. The SMILES string of the molecule is Cc1ccc(NC(=O)c2ccc(C(F)(F)F)c(C#N)n2)cc1Nc1ncccc1-c1ncnc2nc[nH]c12. The lowest BCUT2D eigenvalue weighted by Gasteiger charge is -2.15. The number of nitriles is 1. The third kappa shape index (κ3) is 4.70. The van der Waals surface area contributed by atoms with Gasteiger partial charge in [0.05, 0.1) is 11.9 Å². The summed E-state index contributed by atoms with van der Waals surface area (Å²) in [5.41, 5.74) is 1.77. The Morgan fingerprint density at radius 3 is 2.71 bits per heavy atom. The first-order chi connectivity index (χ1) is 18.2. The molecule has 0 aliphatic carbocycles. The zero-order chi connectivity index (χ0) is 26.9. The van der Waals surface area contributed by atoms with Crippen molar-refractivity contribution >= 4 is 34.3 Å². The van der Waals surface area contributed by atoms with E-state index >= 15 is 0 Å². The number of carbonyl (C=O) groups excluding carboxylic acids is 1. The highest BCUT2D eigenvalue weighted by molar-refractivity contribution is 6.03. The Bertz CT molecular complexity index is 1720. The minimum Gasteiger partial charge on any atom is -0.341 e. The Balaban J connectivity index is 1.43. The number of fused-ring (bicyclic) bond motifs is 1. The summed E-state index contributed by atoms with van der Waals surface area (Å²) in [4.78, 5) is 36.4. The van der Waals surface area contributed by atoms with Crippen LogP contribution < -0.4 is 10.6 Å². The summed E-state index contributed by atoms with van der Waals surface area (Å²) < 4.78 is 39.2. The fraction of sp³-hybridized carbons (Fsp3) is 0.0800. The van der Waals surface area contributed by atoms with Crippen molar-refractivity contribution in [1.82, 2.24) is 29.9 Å². The fourth-order valence-corrected chi connectivity index (χ4v) is 3.72. The van der Waals surface area contributed by atoms with Crippen LogP contribution in [0.4, 0.5) is 30.4 Å². The Labute approximate surface area is 212 Å². The number of carbonyl (C=O) groups is 1. The lowest BCUT2D eigenvalue weighted by atomic mass is 10.1. The highest BCUT2D eigenvalue weighted by Crippen LogP contribution is 2.33. The maximum atomic E-state index is 13.1. The number of halogens is 3. The Hall–Kier alpha value is -5.38. The summed E-state index contributed by atoms with van der Waals surface area (Å²) in [5.74, 6) is -0.289. The van der Waals surface area contributed by atoms with E-state index in [1.165, 1.54) is 18.7 Å². The summed E-state index contributed by atoms with van der Waals surface area (Å²) in [6.45, 7) is 1.85. The lowest BCUT2D eigenvalue weighted by Crippen LogP contribution is -2.17. The second-order valence-corrected chi connectivity index (χ2v) is 8.03. The number of aromatic nitrogens is 6. The summed E-state index contributed by atoms with van der Waals surface area (Å²) >= 11 is 0. The summed E-state index contributed by atoms with van der Waals surface area (Å²) in [6.07, 6.45) is -0.220. The molecule has 0 spiro atoms. The first kappa shape index (κ1) is 24.3. The van der Waals surface area contributed by atoms with Crippen LogP contribution in [0.2, 0.25) is 0 Å². The van der Waals surface area contributed by atoms with Gasteiger partial charge in [-0.25, -0.2) is 24.9 Å². The summed E-state index contributed by atoms with van der Waals surface area (Å²) in [6, 6.07) is 11.6. The van der Waals surface area contributed by atoms with Crippen LogP contribution in [0.1, 0.15) is 27.3 Å². The molecule has 1 aromatic carbocycles. The van der Waals surface area contributed by atoms with Crippen molar-refractivity contribution < 1.29 is 18.0 Å². The van der Waals surface area contributed by atoms with Crippen LogP contribution >= 0.6 is 0 Å². The number of pyridine rings is 2. The molecule has 3 N–H and O–H groups in total. The van der Waals surface area contributed by atoms with E-state index in [4.69, 9.17) is 5.26 Å². The number of nitrogens with one attached hydrogen (secondary N) is 3. The monoisotopic (exact) mass is 515 g/mol. The van der Waals surface area contributed by atoms with Crippen LogP contribution in [0.5, 0.6) is 0 Å². The van der Waals surface area contributed by atoms with Gasteiger partial charge in [-0.2, -0.15) is 18.4 Å². The number of benzene rings is 1. The number of amides is 1. The van der Waals surface area contributed by atoms with Crippen molar-refractivity contribution in [3.8, 4) is 17.3 Å². The minimum absolute atomic E-state index is 0.330. The molecule has 0 fully saturated rings. The molecule has 0 saturated carbocycles. The highest BCUT2D eigenvalue weighted by atomic mass is 19.4. The van der Waals surface area contributed by atoms with Crippen LogP contribution in [0.3, 0.4) is 0 Å². The number of rotatable bonds is 5. The van der Waals surface area contributed by atoms with Crippen LogP contribution in [-0.4, -0.2) is 35.8 Å². The van der Waals surface area contributed by atoms with Crippen LogP contribution in [0, 0.1) is 18.3 Å². The normalized spacial score (nSPS) is 11.2. The number of hydrogen-bond donors (Lipinski definition) is 3. The van der Waals surface area contributed by atoms with Gasteiger partial charge in [-0.3, -0.25) is 4.79 Å². The topological polar surface area (TPSA) is 145 Å². The third-order valence-corrected chi connectivity index (χ3v) is 5.57. The zero-order valence-corrected chi connectivity index (χ0v) is 19.5. The van der Waals surface area contributed by atoms with Crippen molar-refractivity contribution in [3.63, 3.8) is 0 Å². The molecule has 5 rings (SSSR count). The minimum atomic E-state index is -4.76. The quantitative estimate of drug-likeness (QED) is 0.296. The number of anilines is 3. The van der Waals surface area contributed by atoms with Crippen LogP contribution in [0.25, 0.3) is 22.4 Å². The summed E-state index contributed by atoms with van der Waals surface area (Å²) in [5, 5.41) is 14.9.